The summed E-state index contributed by atoms with van der Waals surface area (Å²) in [6.45, 7) is 0.627. The van der Waals surface area contributed by atoms with Crippen LogP contribution in [0.25, 0.3) is 0 Å². The average molecular weight is 253 g/mol. The lowest BCUT2D eigenvalue weighted by Crippen LogP contribution is -2.55. The first-order chi connectivity index (χ1) is 8.21. The second-order valence-electron chi connectivity index (χ2n) is 4.70. The molecule has 1 aromatic heterocycles. The minimum Gasteiger partial charge on any atom is -0.354 e. The number of aromatic nitrogens is 1. The largest absolute Gasteiger partial charge is 0.354 e. The van der Waals surface area contributed by atoms with Gasteiger partial charge in [-0.3, -0.25) is 4.79 Å². The Kier molecular flexibility index (Phi) is 4.12. The molecule has 4 nitrogen and oxygen atoms in total. The molecular formula is C12H19N3OS. The van der Waals surface area contributed by atoms with Crippen LogP contribution in [0, 0.1) is 0 Å². The molecule has 94 valence electrons. The third kappa shape index (κ3) is 3.26. The summed E-state index contributed by atoms with van der Waals surface area (Å²) in [6, 6.07) is 0. The monoisotopic (exact) mass is 253 g/mol. The molecule has 5 heteroatoms. The van der Waals surface area contributed by atoms with E-state index < -0.39 is 5.54 Å². The maximum atomic E-state index is 12.0. The van der Waals surface area contributed by atoms with E-state index in [4.69, 9.17) is 5.73 Å². The number of carbonyl (C=O) groups is 1. The van der Waals surface area contributed by atoms with Crippen molar-refractivity contribution in [1.82, 2.24) is 10.3 Å². The number of carbonyl (C=O) groups excluding carboxylic acids is 1. The number of nitrogens with one attached hydrogen (secondary N) is 1. The van der Waals surface area contributed by atoms with Crippen molar-refractivity contribution in [3.8, 4) is 0 Å². The number of hydrogen-bond acceptors (Lipinski definition) is 4. The van der Waals surface area contributed by atoms with Gasteiger partial charge in [-0.05, 0) is 12.8 Å². The molecule has 0 radical (unpaired) electrons. The molecule has 0 saturated heterocycles. The fourth-order valence-corrected chi connectivity index (χ4v) is 2.84. The van der Waals surface area contributed by atoms with Gasteiger partial charge in [0.1, 0.15) is 0 Å². The van der Waals surface area contributed by atoms with E-state index in [2.05, 4.69) is 10.3 Å². The molecular weight excluding hydrogens is 234 g/mol. The fraction of sp³-hybridized carbons (Fsp3) is 0.667. The summed E-state index contributed by atoms with van der Waals surface area (Å²) in [5.41, 5.74) is 8.35. The average Bonchev–Trinajstić information content (AvgIpc) is 2.83. The second kappa shape index (κ2) is 5.60. The van der Waals surface area contributed by atoms with E-state index in [1.54, 1.807) is 11.3 Å². The van der Waals surface area contributed by atoms with Crippen LogP contribution in [0.15, 0.2) is 10.9 Å². The first kappa shape index (κ1) is 12.5. The molecule has 0 atom stereocenters. The van der Waals surface area contributed by atoms with Crippen LogP contribution in [0.2, 0.25) is 0 Å². The fourth-order valence-electron chi connectivity index (χ4n) is 2.25. The number of hydrogen-bond donors (Lipinski definition) is 2. The van der Waals surface area contributed by atoms with E-state index in [0.717, 1.165) is 37.8 Å². The zero-order chi connectivity index (χ0) is 12.1. The summed E-state index contributed by atoms with van der Waals surface area (Å²) in [6.07, 6.45) is 5.74. The number of amides is 1. The Balaban J connectivity index is 1.76. The maximum absolute atomic E-state index is 12.0. The van der Waals surface area contributed by atoms with E-state index in [1.165, 1.54) is 6.42 Å². The molecule has 1 fully saturated rings. The van der Waals surface area contributed by atoms with Crippen molar-refractivity contribution in [2.75, 3.05) is 6.54 Å². The van der Waals surface area contributed by atoms with Crippen LogP contribution in [-0.2, 0) is 11.2 Å². The summed E-state index contributed by atoms with van der Waals surface area (Å²) in [5, 5.41) is 4.94. The van der Waals surface area contributed by atoms with Crippen LogP contribution in [-0.4, -0.2) is 23.0 Å². The van der Waals surface area contributed by atoms with Gasteiger partial charge in [0.2, 0.25) is 5.91 Å². The Morgan fingerprint density at radius 2 is 2.24 bits per heavy atom. The predicted molar refractivity (Wildman–Crippen MR) is 68.8 cm³/mol. The highest BCUT2D eigenvalue weighted by molar-refractivity contribution is 7.07. The highest BCUT2D eigenvalue weighted by Crippen LogP contribution is 2.25. The molecule has 1 saturated carbocycles. The zero-order valence-electron chi connectivity index (χ0n) is 9.95. The van der Waals surface area contributed by atoms with Crippen molar-refractivity contribution >= 4 is 17.2 Å². The molecule has 1 aliphatic carbocycles. The minimum absolute atomic E-state index is 0.00688. The molecule has 0 bridgehead atoms. The van der Waals surface area contributed by atoms with Gasteiger partial charge in [0.05, 0.1) is 16.7 Å². The van der Waals surface area contributed by atoms with Gasteiger partial charge in [-0.15, -0.1) is 11.3 Å². The van der Waals surface area contributed by atoms with Gasteiger partial charge in [-0.25, -0.2) is 4.98 Å². The van der Waals surface area contributed by atoms with Gasteiger partial charge < -0.3 is 11.1 Å². The summed E-state index contributed by atoms with van der Waals surface area (Å²) in [5.74, 6) is 0.00688. The van der Waals surface area contributed by atoms with E-state index >= 15 is 0 Å². The summed E-state index contributed by atoms with van der Waals surface area (Å²) >= 11 is 1.58. The van der Waals surface area contributed by atoms with Crippen LogP contribution >= 0.6 is 11.3 Å². The van der Waals surface area contributed by atoms with Gasteiger partial charge in [-0.1, -0.05) is 19.3 Å². The minimum atomic E-state index is -0.625. The third-order valence-electron chi connectivity index (χ3n) is 3.35. The lowest BCUT2D eigenvalue weighted by molar-refractivity contribution is -0.127. The highest BCUT2D eigenvalue weighted by Gasteiger charge is 2.34. The Hall–Kier alpha value is -0.940. The first-order valence-corrected chi connectivity index (χ1v) is 7.09. The van der Waals surface area contributed by atoms with Crippen molar-refractivity contribution in [2.24, 2.45) is 5.73 Å². The van der Waals surface area contributed by atoms with E-state index in [0.29, 0.717) is 6.54 Å². The number of nitrogens with two attached hydrogens (primary N) is 1. The van der Waals surface area contributed by atoms with Gasteiger partial charge >= 0.3 is 0 Å². The Morgan fingerprint density at radius 3 is 2.88 bits per heavy atom. The summed E-state index contributed by atoms with van der Waals surface area (Å²) < 4.78 is 0. The molecule has 1 heterocycles. The van der Waals surface area contributed by atoms with Crippen LogP contribution in [0.5, 0.6) is 0 Å². The Labute approximate surface area is 106 Å². The third-order valence-corrected chi connectivity index (χ3v) is 3.98. The number of nitrogens with zero attached hydrogens (tertiary/aromatic N) is 1. The Morgan fingerprint density at radius 1 is 1.47 bits per heavy atom. The molecule has 1 aromatic rings. The van der Waals surface area contributed by atoms with Gasteiger partial charge in [0, 0.05) is 18.3 Å². The standard InChI is InChI=1S/C12H19N3OS/c13-12(5-2-1-3-6-12)11(16)14-7-4-10-8-17-9-15-10/h8-9H,1-7,13H2,(H,14,16). The van der Waals surface area contributed by atoms with Crippen LogP contribution in [0.3, 0.4) is 0 Å². The molecule has 0 unspecified atom stereocenters. The van der Waals surface area contributed by atoms with E-state index in [-0.39, 0.29) is 5.91 Å². The van der Waals surface area contributed by atoms with Crippen LogP contribution < -0.4 is 11.1 Å². The molecule has 3 N–H and O–H groups in total. The van der Waals surface area contributed by atoms with Crippen molar-refractivity contribution in [1.29, 1.82) is 0 Å². The molecule has 2 rings (SSSR count). The van der Waals surface area contributed by atoms with Crippen LogP contribution in [0.4, 0.5) is 0 Å². The SMILES string of the molecule is NC1(C(=O)NCCc2cscn2)CCCCC1. The predicted octanol–water partition coefficient (Wildman–Crippen LogP) is 1.46. The molecule has 1 amide bonds. The smallest absolute Gasteiger partial charge is 0.240 e. The molecule has 0 spiro atoms. The Bertz CT molecular complexity index is 358. The van der Waals surface area contributed by atoms with Crippen molar-refractivity contribution in [3.05, 3.63) is 16.6 Å². The van der Waals surface area contributed by atoms with Gasteiger partial charge in [0.15, 0.2) is 0 Å². The number of rotatable bonds is 4. The lowest BCUT2D eigenvalue weighted by Gasteiger charge is -2.31. The zero-order valence-corrected chi connectivity index (χ0v) is 10.8. The maximum Gasteiger partial charge on any atom is 0.240 e. The van der Waals surface area contributed by atoms with Gasteiger partial charge in [0.25, 0.3) is 0 Å². The van der Waals surface area contributed by atoms with Crippen molar-refractivity contribution in [3.63, 3.8) is 0 Å². The summed E-state index contributed by atoms with van der Waals surface area (Å²) in [7, 11) is 0. The topological polar surface area (TPSA) is 68.0 Å². The molecule has 17 heavy (non-hydrogen) atoms. The molecule has 0 aliphatic heterocycles. The lowest BCUT2D eigenvalue weighted by atomic mass is 9.82. The van der Waals surface area contributed by atoms with E-state index in [1.807, 2.05) is 10.9 Å². The highest BCUT2D eigenvalue weighted by atomic mass is 32.1. The van der Waals surface area contributed by atoms with Gasteiger partial charge in [-0.2, -0.15) is 0 Å². The van der Waals surface area contributed by atoms with Crippen molar-refractivity contribution < 1.29 is 4.79 Å². The van der Waals surface area contributed by atoms with Crippen LogP contribution in [0.1, 0.15) is 37.8 Å². The van der Waals surface area contributed by atoms with Crippen molar-refractivity contribution in [2.45, 2.75) is 44.1 Å². The quantitative estimate of drug-likeness (QED) is 0.853. The second-order valence-corrected chi connectivity index (χ2v) is 5.42. The first-order valence-electron chi connectivity index (χ1n) is 6.15. The molecule has 0 aromatic carbocycles. The normalized spacial score (nSPS) is 18.9. The molecule has 1 aliphatic rings. The van der Waals surface area contributed by atoms with E-state index in [9.17, 15) is 4.79 Å². The number of thiazole rings is 1. The summed E-state index contributed by atoms with van der Waals surface area (Å²) in [4.78, 5) is 16.2.